The lowest BCUT2D eigenvalue weighted by Gasteiger charge is -2.26. The van der Waals surface area contributed by atoms with Crippen molar-refractivity contribution in [1.29, 1.82) is 0 Å². The van der Waals surface area contributed by atoms with Crippen LogP contribution in [-0.4, -0.2) is 81.4 Å². The molecule has 0 fully saturated rings. The Hall–Kier alpha value is -1.22. The summed E-state index contributed by atoms with van der Waals surface area (Å²) < 4.78 is 16.0. The number of carbonyl (C=O) groups is 2. The van der Waals surface area contributed by atoms with Gasteiger partial charge in [0.25, 0.3) is 0 Å². The molecule has 8 heteroatoms. The van der Waals surface area contributed by atoms with Crippen LogP contribution in [0.5, 0.6) is 0 Å². The quantitative estimate of drug-likeness (QED) is 0.0417. The first-order valence-electron chi connectivity index (χ1n) is 17.2. The summed E-state index contributed by atoms with van der Waals surface area (Å²) in [6.07, 6.45) is 25.3. The molecule has 2 unspecified atom stereocenters. The maximum absolute atomic E-state index is 11.9. The molecule has 42 heavy (non-hydrogen) atoms. The first-order chi connectivity index (χ1) is 20.2. The van der Waals surface area contributed by atoms with Gasteiger partial charge in [-0.05, 0) is 6.42 Å². The molecule has 1 N–H and O–H groups in total. The number of quaternary nitrogens is 1. The van der Waals surface area contributed by atoms with E-state index in [9.17, 15) is 19.8 Å². The van der Waals surface area contributed by atoms with Crippen molar-refractivity contribution in [2.45, 2.75) is 161 Å². The standard InChI is InChI=1S/C34H67NO7/c1-5-6-7-8-9-10-11-12-13-14-15-16-17-18-19-20-21-22-23-24-25-26-32(37)41-29-31(36)30-42-34(33(38)39)40-28-27-35(2,3)4/h31,34,36H,5-30H2,1-4H3. The number of aliphatic hydroxyl groups is 1. The van der Waals surface area contributed by atoms with E-state index in [0.717, 1.165) is 19.3 Å². The van der Waals surface area contributed by atoms with E-state index in [0.29, 0.717) is 17.4 Å². The van der Waals surface area contributed by atoms with Gasteiger partial charge in [0, 0.05) is 6.42 Å². The zero-order valence-corrected chi connectivity index (χ0v) is 27.9. The summed E-state index contributed by atoms with van der Waals surface area (Å²) in [5, 5.41) is 21.1. The minimum absolute atomic E-state index is 0.173. The van der Waals surface area contributed by atoms with Gasteiger partial charge in [-0.2, -0.15) is 0 Å². The summed E-state index contributed by atoms with van der Waals surface area (Å²) in [4.78, 5) is 23.1. The molecule has 0 aromatic rings. The maximum atomic E-state index is 11.9. The second-order valence-electron chi connectivity index (χ2n) is 13.0. The van der Waals surface area contributed by atoms with E-state index in [1.165, 1.54) is 116 Å². The van der Waals surface area contributed by atoms with Crippen LogP contribution in [0.3, 0.4) is 0 Å². The van der Waals surface area contributed by atoms with E-state index in [2.05, 4.69) is 6.92 Å². The largest absolute Gasteiger partial charge is 0.545 e. The number of hydrogen-bond donors (Lipinski definition) is 1. The van der Waals surface area contributed by atoms with Gasteiger partial charge in [0.05, 0.1) is 40.3 Å². The highest BCUT2D eigenvalue weighted by Crippen LogP contribution is 2.15. The van der Waals surface area contributed by atoms with E-state index in [1.807, 2.05) is 21.1 Å². The van der Waals surface area contributed by atoms with E-state index >= 15 is 0 Å². The molecule has 0 aromatic heterocycles. The third-order valence-corrected chi connectivity index (χ3v) is 7.58. The number of aliphatic hydroxyl groups excluding tert-OH is 1. The van der Waals surface area contributed by atoms with Crippen molar-refractivity contribution in [3.05, 3.63) is 0 Å². The van der Waals surface area contributed by atoms with Crippen molar-refractivity contribution in [2.24, 2.45) is 0 Å². The lowest BCUT2D eigenvalue weighted by Crippen LogP contribution is -2.44. The first kappa shape index (κ1) is 40.8. The van der Waals surface area contributed by atoms with Crippen molar-refractivity contribution in [3.63, 3.8) is 0 Å². The zero-order chi connectivity index (χ0) is 31.3. The number of esters is 1. The van der Waals surface area contributed by atoms with Crippen molar-refractivity contribution in [3.8, 4) is 0 Å². The monoisotopic (exact) mass is 601 g/mol. The summed E-state index contributed by atoms with van der Waals surface area (Å²) in [6.45, 7) is 2.48. The number of hydrogen-bond acceptors (Lipinski definition) is 7. The van der Waals surface area contributed by atoms with Gasteiger partial charge in [-0.1, -0.05) is 135 Å². The van der Waals surface area contributed by atoms with Gasteiger partial charge in [-0.3, -0.25) is 4.79 Å². The normalized spacial score (nSPS) is 13.3. The van der Waals surface area contributed by atoms with Crippen LogP contribution < -0.4 is 5.11 Å². The van der Waals surface area contributed by atoms with Crippen molar-refractivity contribution in [1.82, 2.24) is 0 Å². The van der Waals surface area contributed by atoms with E-state index in [-0.39, 0.29) is 25.8 Å². The van der Waals surface area contributed by atoms with Crippen LogP contribution in [0.4, 0.5) is 0 Å². The molecule has 0 rings (SSSR count). The van der Waals surface area contributed by atoms with Crippen LogP contribution in [0.1, 0.15) is 148 Å². The second kappa shape index (κ2) is 28.5. The lowest BCUT2D eigenvalue weighted by molar-refractivity contribution is -0.870. The first-order valence-corrected chi connectivity index (χ1v) is 17.2. The number of nitrogens with zero attached hydrogens (tertiary/aromatic N) is 1. The molecule has 8 nitrogen and oxygen atoms in total. The molecule has 0 aromatic carbocycles. The molecule has 0 heterocycles. The zero-order valence-electron chi connectivity index (χ0n) is 27.9. The Kier molecular flexibility index (Phi) is 27.7. The molecule has 0 amide bonds. The summed E-state index contributed by atoms with van der Waals surface area (Å²) in [5.74, 6) is -1.86. The minimum atomic E-state index is -1.57. The van der Waals surface area contributed by atoms with E-state index in [1.54, 1.807) is 0 Å². The average molecular weight is 602 g/mol. The van der Waals surface area contributed by atoms with Gasteiger partial charge in [-0.15, -0.1) is 0 Å². The Balaban J connectivity index is 3.47. The molecule has 0 aliphatic carbocycles. The molecular weight excluding hydrogens is 534 g/mol. The number of likely N-dealkylation sites (N-methyl/N-ethyl adjacent to an activating group) is 1. The Morgan fingerprint density at radius 2 is 1.05 bits per heavy atom. The van der Waals surface area contributed by atoms with Crippen LogP contribution in [0.2, 0.25) is 0 Å². The third kappa shape index (κ3) is 30.2. The van der Waals surface area contributed by atoms with Crippen LogP contribution in [0.15, 0.2) is 0 Å². The van der Waals surface area contributed by atoms with Gasteiger partial charge < -0.3 is 33.7 Å². The predicted molar refractivity (Wildman–Crippen MR) is 168 cm³/mol. The molecule has 0 bridgehead atoms. The number of unbranched alkanes of at least 4 members (excludes halogenated alkanes) is 20. The van der Waals surface area contributed by atoms with Gasteiger partial charge in [0.2, 0.25) is 0 Å². The Labute approximate surface area is 258 Å². The van der Waals surface area contributed by atoms with Gasteiger partial charge in [-0.25, -0.2) is 0 Å². The number of carbonyl (C=O) groups excluding carboxylic acids is 2. The molecule has 0 saturated carbocycles. The number of aliphatic carboxylic acids is 1. The summed E-state index contributed by atoms with van der Waals surface area (Å²) >= 11 is 0. The Morgan fingerprint density at radius 3 is 1.43 bits per heavy atom. The van der Waals surface area contributed by atoms with Crippen LogP contribution in [0, 0.1) is 0 Å². The van der Waals surface area contributed by atoms with Crippen molar-refractivity contribution < 1.29 is 38.5 Å². The highest BCUT2D eigenvalue weighted by Gasteiger charge is 2.17. The maximum Gasteiger partial charge on any atom is 0.305 e. The molecular formula is C34H67NO7. The molecule has 0 aliphatic heterocycles. The minimum Gasteiger partial charge on any atom is -0.545 e. The van der Waals surface area contributed by atoms with Crippen LogP contribution >= 0.6 is 0 Å². The van der Waals surface area contributed by atoms with Crippen molar-refractivity contribution >= 4 is 11.9 Å². The van der Waals surface area contributed by atoms with Crippen molar-refractivity contribution in [2.75, 3.05) is 47.5 Å². The highest BCUT2D eigenvalue weighted by atomic mass is 16.7. The SMILES string of the molecule is CCCCCCCCCCCCCCCCCCCCCCCC(=O)OCC(O)COC(OCC[N+](C)(C)C)C(=O)[O-]. The van der Waals surface area contributed by atoms with Gasteiger partial charge in [0.15, 0.2) is 6.29 Å². The molecule has 2 atom stereocenters. The number of carboxylic acid groups (broad SMARTS) is 1. The second-order valence-corrected chi connectivity index (χ2v) is 13.0. The molecule has 0 aliphatic rings. The van der Waals surface area contributed by atoms with Gasteiger partial charge >= 0.3 is 5.97 Å². The van der Waals surface area contributed by atoms with Gasteiger partial charge in [0.1, 0.15) is 19.3 Å². The summed E-state index contributed by atoms with van der Waals surface area (Å²) in [7, 11) is 5.87. The molecule has 250 valence electrons. The highest BCUT2D eigenvalue weighted by molar-refractivity contribution is 5.69. The summed E-state index contributed by atoms with van der Waals surface area (Å²) in [6, 6.07) is 0. The number of rotatable bonds is 32. The smallest absolute Gasteiger partial charge is 0.305 e. The Bertz CT molecular complexity index is 624. The number of carboxylic acids is 1. The van der Waals surface area contributed by atoms with Crippen LogP contribution in [0.25, 0.3) is 0 Å². The lowest BCUT2D eigenvalue weighted by atomic mass is 10.0. The molecule has 0 spiro atoms. The average Bonchev–Trinajstić information content (AvgIpc) is 2.93. The van der Waals surface area contributed by atoms with E-state index in [4.69, 9.17) is 14.2 Å². The van der Waals surface area contributed by atoms with E-state index < -0.39 is 18.4 Å². The fourth-order valence-corrected chi connectivity index (χ4v) is 4.83. The molecule has 0 saturated heterocycles. The summed E-state index contributed by atoms with van der Waals surface area (Å²) in [5.41, 5.74) is 0. The fraction of sp³-hybridized carbons (Fsp3) is 0.941. The van der Waals surface area contributed by atoms with Crippen LogP contribution in [-0.2, 0) is 23.8 Å². The number of ether oxygens (including phenoxy) is 3. The fourth-order valence-electron chi connectivity index (χ4n) is 4.83. The Morgan fingerprint density at radius 1 is 0.643 bits per heavy atom. The predicted octanol–water partition coefficient (Wildman–Crippen LogP) is 6.31. The molecule has 0 radical (unpaired) electrons. The third-order valence-electron chi connectivity index (χ3n) is 7.58. The topological polar surface area (TPSA) is 105 Å².